The lowest BCUT2D eigenvalue weighted by atomic mass is 10.1. The molecule has 3 rings (SSSR count). The molecule has 0 aromatic carbocycles. The summed E-state index contributed by atoms with van der Waals surface area (Å²) in [6.45, 7) is 0. The van der Waals surface area contributed by atoms with Crippen LogP contribution in [0.1, 0.15) is 46.2 Å². The molecule has 2 aromatic rings. The van der Waals surface area contributed by atoms with E-state index in [0.29, 0.717) is 0 Å². The molecule has 0 aliphatic heterocycles. The zero-order valence-electron chi connectivity index (χ0n) is 10.7. The normalized spacial score (nSPS) is 17.2. The second kappa shape index (κ2) is 5.29. The first-order chi connectivity index (χ1) is 8.88. The van der Waals surface area contributed by atoms with Crippen LogP contribution in [0.4, 0.5) is 0 Å². The van der Waals surface area contributed by atoms with Gasteiger partial charge in [-0.3, -0.25) is 0 Å². The molecule has 96 valence electrons. The van der Waals surface area contributed by atoms with Gasteiger partial charge in [0.2, 0.25) is 0 Å². The highest BCUT2D eigenvalue weighted by Gasteiger charge is 2.19. The molecule has 2 heterocycles. The van der Waals surface area contributed by atoms with E-state index in [-0.39, 0.29) is 6.04 Å². The molecule has 2 nitrogen and oxygen atoms in total. The number of rotatable bonds is 3. The van der Waals surface area contributed by atoms with Gasteiger partial charge in [-0.2, -0.15) is 0 Å². The quantitative estimate of drug-likeness (QED) is 0.847. The maximum absolute atomic E-state index is 5.21. The fourth-order valence-electron chi connectivity index (χ4n) is 2.75. The minimum absolute atomic E-state index is 0.278. The average molecular weight is 261 g/mol. The van der Waals surface area contributed by atoms with Gasteiger partial charge < -0.3 is 9.73 Å². The molecule has 1 unspecified atom stereocenters. The highest BCUT2D eigenvalue weighted by atomic mass is 32.1. The summed E-state index contributed by atoms with van der Waals surface area (Å²) in [5.41, 5.74) is 2.80. The predicted molar refractivity (Wildman–Crippen MR) is 75.2 cm³/mol. The molecule has 0 saturated heterocycles. The fraction of sp³-hybridized carbons (Fsp3) is 0.467. The van der Waals surface area contributed by atoms with Crippen molar-refractivity contribution >= 4 is 11.3 Å². The van der Waals surface area contributed by atoms with Gasteiger partial charge >= 0.3 is 0 Å². The Kier molecular flexibility index (Phi) is 3.52. The van der Waals surface area contributed by atoms with Gasteiger partial charge in [-0.05, 0) is 50.4 Å². The van der Waals surface area contributed by atoms with E-state index in [1.54, 1.807) is 16.7 Å². The van der Waals surface area contributed by atoms with Crippen molar-refractivity contribution in [3.05, 3.63) is 45.5 Å². The Morgan fingerprint density at radius 1 is 1.28 bits per heavy atom. The molecule has 18 heavy (non-hydrogen) atoms. The third-order valence-electron chi connectivity index (χ3n) is 3.72. The topological polar surface area (TPSA) is 25.2 Å². The van der Waals surface area contributed by atoms with Crippen molar-refractivity contribution in [3.63, 3.8) is 0 Å². The van der Waals surface area contributed by atoms with Crippen LogP contribution in [-0.4, -0.2) is 7.05 Å². The Hall–Kier alpha value is -1.06. The van der Waals surface area contributed by atoms with E-state index in [1.807, 2.05) is 30.7 Å². The zero-order valence-corrected chi connectivity index (χ0v) is 11.6. The fourth-order valence-corrected chi connectivity index (χ4v) is 4.14. The summed E-state index contributed by atoms with van der Waals surface area (Å²) in [7, 11) is 2.02. The van der Waals surface area contributed by atoms with E-state index in [4.69, 9.17) is 4.42 Å². The summed E-state index contributed by atoms with van der Waals surface area (Å²) in [5, 5.41) is 3.40. The van der Waals surface area contributed by atoms with E-state index in [0.717, 1.165) is 0 Å². The second-order valence-corrected chi connectivity index (χ2v) is 6.10. The summed E-state index contributed by atoms with van der Waals surface area (Å²) < 4.78 is 5.21. The standard InChI is InChI=1S/C15H19NOS/c1-16-15(12-7-8-17-10-12)14-9-11-5-3-2-4-6-13(11)18-14/h7-10,15-16H,2-6H2,1H3. The first-order valence-electron chi connectivity index (χ1n) is 6.69. The van der Waals surface area contributed by atoms with Gasteiger partial charge in [-0.1, -0.05) is 6.42 Å². The van der Waals surface area contributed by atoms with Crippen molar-refractivity contribution in [2.24, 2.45) is 0 Å². The first-order valence-corrected chi connectivity index (χ1v) is 7.51. The van der Waals surface area contributed by atoms with Crippen molar-refractivity contribution in [1.29, 1.82) is 0 Å². The number of furan rings is 1. The smallest absolute Gasteiger partial charge is 0.0954 e. The minimum Gasteiger partial charge on any atom is -0.472 e. The predicted octanol–water partition coefficient (Wildman–Crippen LogP) is 3.92. The molecule has 0 fully saturated rings. The van der Waals surface area contributed by atoms with Crippen molar-refractivity contribution < 1.29 is 4.42 Å². The summed E-state index contributed by atoms with van der Waals surface area (Å²) in [6.07, 6.45) is 10.2. The zero-order chi connectivity index (χ0) is 12.4. The highest BCUT2D eigenvalue weighted by molar-refractivity contribution is 7.12. The monoisotopic (exact) mass is 261 g/mol. The summed E-state index contributed by atoms with van der Waals surface area (Å²) in [5.74, 6) is 0. The SMILES string of the molecule is CNC(c1ccoc1)c1cc2c(s1)CCCCC2. The van der Waals surface area contributed by atoms with E-state index in [9.17, 15) is 0 Å². The van der Waals surface area contributed by atoms with Crippen LogP contribution >= 0.6 is 11.3 Å². The highest BCUT2D eigenvalue weighted by Crippen LogP contribution is 2.34. The average Bonchev–Trinajstić information content (AvgIpc) is 2.98. The lowest BCUT2D eigenvalue weighted by Gasteiger charge is -2.12. The minimum atomic E-state index is 0.278. The van der Waals surface area contributed by atoms with Gasteiger partial charge in [0.05, 0.1) is 18.6 Å². The number of aryl methyl sites for hydroxylation is 2. The van der Waals surface area contributed by atoms with Crippen molar-refractivity contribution in [2.75, 3.05) is 7.05 Å². The van der Waals surface area contributed by atoms with Crippen LogP contribution in [0.3, 0.4) is 0 Å². The van der Waals surface area contributed by atoms with Crippen LogP contribution in [-0.2, 0) is 12.8 Å². The molecular weight excluding hydrogens is 242 g/mol. The molecule has 0 spiro atoms. The van der Waals surface area contributed by atoms with Gasteiger partial charge in [-0.25, -0.2) is 0 Å². The lowest BCUT2D eigenvalue weighted by molar-refractivity contribution is 0.558. The van der Waals surface area contributed by atoms with Gasteiger partial charge in [0, 0.05) is 15.3 Å². The van der Waals surface area contributed by atoms with Gasteiger partial charge in [-0.15, -0.1) is 11.3 Å². The summed E-state index contributed by atoms with van der Waals surface area (Å²) >= 11 is 1.98. The third kappa shape index (κ3) is 2.25. The molecule has 2 aromatic heterocycles. The second-order valence-electron chi connectivity index (χ2n) is 4.94. The number of hydrogen-bond donors (Lipinski definition) is 1. The molecule has 0 radical (unpaired) electrons. The summed E-state index contributed by atoms with van der Waals surface area (Å²) in [6, 6.07) is 4.73. The molecule has 0 bridgehead atoms. The maximum Gasteiger partial charge on any atom is 0.0954 e. The molecule has 3 heteroatoms. The lowest BCUT2D eigenvalue weighted by Crippen LogP contribution is -2.15. The van der Waals surface area contributed by atoms with E-state index >= 15 is 0 Å². The van der Waals surface area contributed by atoms with Crippen LogP contribution in [0.5, 0.6) is 0 Å². The van der Waals surface area contributed by atoms with Gasteiger partial charge in [0.25, 0.3) is 0 Å². The van der Waals surface area contributed by atoms with Crippen molar-refractivity contribution in [2.45, 2.75) is 38.1 Å². The number of hydrogen-bond acceptors (Lipinski definition) is 3. The number of nitrogens with one attached hydrogen (secondary N) is 1. The van der Waals surface area contributed by atoms with Crippen LogP contribution < -0.4 is 5.32 Å². The largest absolute Gasteiger partial charge is 0.472 e. The Morgan fingerprint density at radius 2 is 2.17 bits per heavy atom. The number of thiophene rings is 1. The van der Waals surface area contributed by atoms with Gasteiger partial charge in [0.1, 0.15) is 0 Å². The van der Waals surface area contributed by atoms with E-state index in [2.05, 4.69) is 11.4 Å². The molecule has 1 N–H and O–H groups in total. The first kappa shape index (κ1) is 12.0. The van der Waals surface area contributed by atoms with E-state index < -0.39 is 0 Å². The van der Waals surface area contributed by atoms with Crippen LogP contribution in [0.25, 0.3) is 0 Å². The molecule has 1 aliphatic rings. The molecule has 1 aliphatic carbocycles. The van der Waals surface area contributed by atoms with Crippen molar-refractivity contribution in [1.82, 2.24) is 5.32 Å². The molecule has 0 saturated carbocycles. The Balaban J connectivity index is 1.91. The Bertz CT molecular complexity index is 477. The summed E-state index contributed by atoms with van der Waals surface area (Å²) in [4.78, 5) is 3.03. The van der Waals surface area contributed by atoms with Crippen LogP contribution in [0, 0.1) is 0 Å². The molecular formula is C15H19NOS. The van der Waals surface area contributed by atoms with E-state index in [1.165, 1.54) is 42.5 Å². The molecule has 0 amide bonds. The third-order valence-corrected chi connectivity index (χ3v) is 5.02. The number of fused-ring (bicyclic) bond motifs is 1. The van der Waals surface area contributed by atoms with Crippen LogP contribution in [0.2, 0.25) is 0 Å². The Morgan fingerprint density at radius 3 is 2.94 bits per heavy atom. The van der Waals surface area contributed by atoms with Gasteiger partial charge in [0.15, 0.2) is 0 Å². The van der Waals surface area contributed by atoms with Crippen molar-refractivity contribution in [3.8, 4) is 0 Å². The maximum atomic E-state index is 5.21. The van der Waals surface area contributed by atoms with Crippen LogP contribution in [0.15, 0.2) is 29.1 Å². The molecule has 1 atom stereocenters. The Labute approximate surface area is 112 Å².